The van der Waals surface area contributed by atoms with Gasteiger partial charge in [0.05, 0.1) is 17.1 Å². The number of amidine groups is 1. The Morgan fingerprint density at radius 1 is 1.07 bits per heavy atom. The summed E-state index contributed by atoms with van der Waals surface area (Å²) in [6.45, 7) is 2.46. The van der Waals surface area contributed by atoms with Crippen LogP contribution in [0.25, 0.3) is 6.08 Å². The van der Waals surface area contributed by atoms with Crippen molar-refractivity contribution in [2.75, 3.05) is 0 Å². The van der Waals surface area contributed by atoms with E-state index in [2.05, 4.69) is 15.9 Å². The number of nitrogens with zero attached hydrogens (tertiary/aromatic N) is 2. The topological polar surface area (TPSA) is 52.9 Å². The first-order valence-corrected chi connectivity index (χ1v) is 11.0. The van der Waals surface area contributed by atoms with Gasteiger partial charge in [-0.15, -0.1) is 0 Å². The van der Waals surface area contributed by atoms with Gasteiger partial charge in [0.1, 0.15) is 5.75 Å². The first kappa shape index (κ1) is 20.4. The molecule has 0 bridgehead atoms. The van der Waals surface area contributed by atoms with Gasteiger partial charge in [0, 0.05) is 10.0 Å². The molecule has 1 heterocycles. The lowest BCUT2D eigenvalue weighted by molar-refractivity contribution is -0.122. The SMILES string of the molecule is Cc1ccc(N=C2S/C(=C/c3cc(Br)ccc3O)C(=O)N2Cc2ccccc2)cc1. The van der Waals surface area contributed by atoms with E-state index >= 15 is 0 Å². The number of aliphatic imine (C=N–C) groups is 1. The van der Waals surface area contributed by atoms with Gasteiger partial charge in [-0.25, -0.2) is 4.99 Å². The van der Waals surface area contributed by atoms with E-state index < -0.39 is 0 Å². The van der Waals surface area contributed by atoms with Crippen molar-refractivity contribution in [1.82, 2.24) is 4.90 Å². The number of hydrogen-bond acceptors (Lipinski definition) is 4. The van der Waals surface area contributed by atoms with Crippen molar-refractivity contribution in [3.63, 3.8) is 0 Å². The number of rotatable bonds is 4. The third-order valence-electron chi connectivity index (χ3n) is 4.61. The smallest absolute Gasteiger partial charge is 0.267 e. The maximum Gasteiger partial charge on any atom is 0.267 e. The minimum atomic E-state index is -0.130. The number of phenolic OH excluding ortho intramolecular Hbond substituents is 1. The first-order chi connectivity index (χ1) is 14.5. The van der Waals surface area contributed by atoms with Crippen LogP contribution in [0, 0.1) is 6.92 Å². The molecular weight excluding hydrogens is 460 g/mol. The average Bonchev–Trinajstić information content (AvgIpc) is 3.02. The van der Waals surface area contributed by atoms with E-state index in [-0.39, 0.29) is 11.7 Å². The summed E-state index contributed by atoms with van der Waals surface area (Å²) in [5.41, 5.74) is 3.55. The van der Waals surface area contributed by atoms with Gasteiger partial charge in [0.15, 0.2) is 5.17 Å². The van der Waals surface area contributed by atoms with Gasteiger partial charge < -0.3 is 5.11 Å². The van der Waals surface area contributed by atoms with Crippen LogP contribution in [-0.2, 0) is 11.3 Å². The molecule has 0 aliphatic carbocycles. The number of thioether (sulfide) groups is 1. The normalized spacial score (nSPS) is 16.6. The summed E-state index contributed by atoms with van der Waals surface area (Å²) < 4.78 is 0.831. The zero-order valence-corrected chi connectivity index (χ0v) is 18.7. The molecule has 3 aromatic rings. The predicted octanol–water partition coefficient (Wildman–Crippen LogP) is 6.27. The number of aromatic hydroxyl groups is 1. The van der Waals surface area contributed by atoms with Crippen LogP contribution >= 0.6 is 27.7 Å². The van der Waals surface area contributed by atoms with Crippen molar-refractivity contribution in [3.05, 3.63) is 98.9 Å². The lowest BCUT2D eigenvalue weighted by Crippen LogP contribution is -2.28. The van der Waals surface area contributed by atoms with Crippen LogP contribution in [0.1, 0.15) is 16.7 Å². The minimum absolute atomic E-state index is 0.123. The van der Waals surface area contributed by atoms with E-state index in [9.17, 15) is 9.90 Å². The van der Waals surface area contributed by atoms with E-state index in [1.807, 2.05) is 61.5 Å². The number of benzene rings is 3. The molecule has 4 nitrogen and oxygen atoms in total. The minimum Gasteiger partial charge on any atom is -0.507 e. The number of halogens is 1. The van der Waals surface area contributed by atoms with Gasteiger partial charge >= 0.3 is 0 Å². The van der Waals surface area contributed by atoms with Crippen LogP contribution in [0.5, 0.6) is 5.75 Å². The molecule has 1 fully saturated rings. The van der Waals surface area contributed by atoms with Gasteiger partial charge in [-0.05, 0) is 60.7 Å². The number of amides is 1. The highest BCUT2D eigenvalue weighted by atomic mass is 79.9. The summed E-state index contributed by atoms with van der Waals surface area (Å²) in [6.07, 6.45) is 1.71. The second-order valence-corrected chi connectivity index (χ2v) is 8.85. The summed E-state index contributed by atoms with van der Waals surface area (Å²) >= 11 is 4.73. The molecule has 1 N–H and O–H groups in total. The van der Waals surface area contributed by atoms with Crippen LogP contribution in [0.3, 0.4) is 0 Å². The molecule has 0 saturated carbocycles. The first-order valence-electron chi connectivity index (χ1n) is 9.39. The third-order valence-corrected chi connectivity index (χ3v) is 6.11. The Morgan fingerprint density at radius 2 is 1.80 bits per heavy atom. The highest BCUT2D eigenvalue weighted by Crippen LogP contribution is 2.36. The van der Waals surface area contributed by atoms with E-state index in [1.165, 1.54) is 11.8 Å². The molecule has 1 aliphatic heterocycles. The zero-order valence-electron chi connectivity index (χ0n) is 16.2. The lowest BCUT2D eigenvalue weighted by Gasteiger charge is -2.15. The maximum atomic E-state index is 13.2. The third kappa shape index (κ3) is 4.66. The molecule has 150 valence electrons. The second kappa shape index (κ2) is 8.90. The largest absolute Gasteiger partial charge is 0.507 e. The zero-order chi connectivity index (χ0) is 21.1. The summed E-state index contributed by atoms with van der Waals surface area (Å²) in [4.78, 5) is 20.2. The fourth-order valence-corrected chi connectivity index (χ4v) is 4.38. The highest BCUT2D eigenvalue weighted by Gasteiger charge is 2.33. The molecule has 1 amide bonds. The molecule has 1 aliphatic rings. The Hall–Kier alpha value is -2.83. The molecule has 4 rings (SSSR count). The Morgan fingerprint density at radius 3 is 2.53 bits per heavy atom. The standard InChI is InChI=1S/C24H19BrN2O2S/c1-16-7-10-20(11-8-16)26-24-27(15-17-5-3-2-4-6-17)23(29)22(30-24)14-18-13-19(25)9-12-21(18)28/h2-14,28H,15H2,1H3/b22-14+,26-24?. The quantitative estimate of drug-likeness (QED) is 0.449. The lowest BCUT2D eigenvalue weighted by atomic mass is 10.2. The number of carbonyl (C=O) groups is 1. The van der Waals surface area contributed by atoms with E-state index in [1.54, 1.807) is 29.2 Å². The van der Waals surface area contributed by atoms with Crippen molar-refractivity contribution in [2.24, 2.45) is 4.99 Å². The van der Waals surface area contributed by atoms with Crippen LogP contribution < -0.4 is 0 Å². The molecular formula is C24H19BrN2O2S. The molecule has 3 aromatic carbocycles. The molecule has 1 saturated heterocycles. The van der Waals surface area contributed by atoms with Crippen LogP contribution in [0.15, 0.2) is 87.2 Å². The van der Waals surface area contributed by atoms with Gasteiger partial charge in [0.2, 0.25) is 0 Å². The average molecular weight is 479 g/mol. The van der Waals surface area contributed by atoms with Gasteiger partial charge in [-0.2, -0.15) is 0 Å². The van der Waals surface area contributed by atoms with E-state index in [0.717, 1.165) is 21.3 Å². The van der Waals surface area contributed by atoms with Gasteiger partial charge in [-0.1, -0.05) is 64.0 Å². The van der Waals surface area contributed by atoms with Crippen LogP contribution in [-0.4, -0.2) is 21.1 Å². The number of aryl methyl sites for hydroxylation is 1. The number of hydrogen-bond donors (Lipinski definition) is 1. The second-order valence-electron chi connectivity index (χ2n) is 6.92. The van der Waals surface area contributed by atoms with Crippen molar-refractivity contribution < 1.29 is 9.90 Å². The van der Waals surface area contributed by atoms with Crippen molar-refractivity contribution in [3.8, 4) is 5.75 Å². The van der Waals surface area contributed by atoms with Crippen LogP contribution in [0.2, 0.25) is 0 Å². The van der Waals surface area contributed by atoms with E-state index in [0.29, 0.717) is 22.2 Å². The summed E-state index contributed by atoms with van der Waals surface area (Å²) in [5.74, 6) is -0.00766. The predicted molar refractivity (Wildman–Crippen MR) is 127 cm³/mol. The Kier molecular flexibility index (Phi) is 6.06. The van der Waals surface area contributed by atoms with Crippen molar-refractivity contribution in [2.45, 2.75) is 13.5 Å². The Bertz CT molecular complexity index is 1140. The highest BCUT2D eigenvalue weighted by molar-refractivity contribution is 9.10. The monoisotopic (exact) mass is 478 g/mol. The molecule has 0 spiro atoms. The molecule has 30 heavy (non-hydrogen) atoms. The fourth-order valence-electron chi connectivity index (χ4n) is 3.01. The van der Waals surface area contributed by atoms with Crippen LogP contribution in [0.4, 0.5) is 5.69 Å². The Balaban J connectivity index is 1.72. The van der Waals surface area contributed by atoms with Gasteiger partial charge in [-0.3, -0.25) is 9.69 Å². The van der Waals surface area contributed by atoms with E-state index in [4.69, 9.17) is 4.99 Å². The molecule has 6 heteroatoms. The van der Waals surface area contributed by atoms with Crippen molar-refractivity contribution >= 4 is 50.5 Å². The fraction of sp³-hybridized carbons (Fsp3) is 0.0833. The summed E-state index contributed by atoms with van der Waals surface area (Å²) in [6, 6.07) is 22.9. The molecule has 0 radical (unpaired) electrons. The number of phenols is 1. The Labute approximate surface area is 188 Å². The molecule has 0 aromatic heterocycles. The summed E-state index contributed by atoms with van der Waals surface area (Å²) in [5, 5.41) is 10.8. The van der Waals surface area contributed by atoms with Crippen molar-refractivity contribution in [1.29, 1.82) is 0 Å². The molecule has 0 unspecified atom stereocenters. The number of carbonyl (C=O) groups excluding carboxylic acids is 1. The summed E-state index contributed by atoms with van der Waals surface area (Å²) in [7, 11) is 0. The maximum absolute atomic E-state index is 13.2. The van der Waals surface area contributed by atoms with Gasteiger partial charge in [0.25, 0.3) is 5.91 Å². The molecule has 0 atom stereocenters.